The number of hydrogen-bond acceptors (Lipinski definition) is 9. The molecule has 0 fully saturated rings. The van der Waals surface area contributed by atoms with Crippen LogP contribution in [0.3, 0.4) is 0 Å². The molecule has 11 heteroatoms. The van der Waals surface area contributed by atoms with E-state index in [4.69, 9.17) is 15.2 Å². The van der Waals surface area contributed by atoms with E-state index in [1.165, 1.54) is 12.5 Å². The van der Waals surface area contributed by atoms with Gasteiger partial charge in [0.1, 0.15) is 23.3 Å². The highest BCUT2D eigenvalue weighted by molar-refractivity contribution is 6.02. The Balaban J connectivity index is 1.64. The van der Waals surface area contributed by atoms with Gasteiger partial charge in [-0.2, -0.15) is 5.26 Å². The molecule has 4 aromatic rings. The van der Waals surface area contributed by atoms with Gasteiger partial charge in [-0.15, -0.1) is 0 Å². The van der Waals surface area contributed by atoms with Crippen LogP contribution in [0.1, 0.15) is 30.9 Å². The number of benzene rings is 2. The standard InChI is InChI=1S/C31H34N8O3/c1-5-41-28-16-25-24(15-26(28)38-30(40)7-6-12-39(3)4)31(21(17-32)18-35-25)37-22-8-9-27(20(2)13-22)42-23-10-11-34-29(14-23)36-19-33/h8-11,13-16,18-19H,5-7,12H2,1-4H3,(H,35,37)(H,38,40)(H2,33,34,36). The molecular weight excluding hydrogens is 532 g/mol. The smallest absolute Gasteiger partial charge is 0.224 e. The van der Waals surface area contributed by atoms with Crippen molar-refractivity contribution in [1.29, 1.82) is 5.26 Å². The van der Waals surface area contributed by atoms with Gasteiger partial charge < -0.3 is 30.7 Å². The van der Waals surface area contributed by atoms with Crippen molar-refractivity contribution in [3.8, 4) is 23.3 Å². The first kappa shape index (κ1) is 29.8. The Morgan fingerprint density at radius 1 is 1.17 bits per heavy atom. The van der Waals surface area contributed by atoms with Gasteiger partial charge in [0.05, 0.1) is 35.4 Å². The van der Waals surface area contributed by atoms with Crippen LogP contribution in [0.25, 0.3) is 10.9 Å². The number of pyridine rings is 2. The molecule has 1 amide bonds. The van der Waals surface area contributed by atoms with Crippen molar-refractivity contribution in [3.05, 3.63) is 66.0 Å². The summed E-state index contributed by atoms with van der Waals surface area (Å²) in [7, 11) is 3.95. The number of nitriles is 1. The number of carbonyl (C=O) groups is 1. The van der Waals surface area contributed by atoms with E-state index in [9.17, 15) is 10.1 Å². The molecule has 0 aliphatic heterocycles. The molecule has 0 saturated heterocycles. The fourth-order valence-electron chi connectivity index (χ4n) is 4.30. The van der Waals surface area contributed by atoms with Gasteiger partial charge in [-0.25, -0.2) is 9.98 Å². The highest BCUT2D eigenvalue weighted by Gasteiger charge is 2.16. The fourth-order valence-corrected chi connectivity index (χ4v) is 4.30. The lowest BCUT2D eigenvalue weighted by atomic mass is 10.1. The van der Waals surface area contributed by atoms with Crippen LogP contribution >= 0.6 is 0 Å². The van der Waals surface area contributed by atoms with Crippen molar-refractivity contribution in [2.75, 3.05) is 37.9 Å². The highest BCUT2D eigenvalue weighted by Crippen LogP contribution is 2.37. The predicted molar refractivity (Wildman–Crippen MR) is 165 cm³/mol. The molecule has 4 rings (SSSR count). The Hall–Kier alpha value is -5.21. The number of rotatable bonds is 12. The molecule has 0 saturated carbocycles. The highest BCUT2D eigenvalue weighted by atomic mass is 16.5. The third kappa shape index (κ3) is 7.50. The van der Waals surface area contributed by atoms with Crippen LogP contribution in [0.15, 0.2) is 59.9 Å². The van der Waals surface area contributed by atoms with E-state index in [-0.39, 0.29) is 5.91 Å². The van der Waals surface area contributed by atoms with Crippen molar-refractivity contribution < 1.29 is 14.3 Å². The summed E-state index contributed by atoms with van der Waals surface area (Å²) >= 11 is 0. The van der Waals surface area contributed by atoms with Crippen LogP contribution < -0.4 is 25.8 Å². The van der Waals surface area contributed by atoms with Crippen LogP contribution in [-0.2, 0) is 4.79 Å². The molecular formula is C31H34N8O3. The average Bonchev–Trinajstić information content (AvgIpc) is 2.95. The van der Waals surface area contributed by atoms with Crippen molar-refractivity contribution >= 4 is 46.0 Å². The Labute approximate surface area is 245 Å². The summed E-state index contributed by atoms with van der Waals surface area (Å²) in [4.78, 5) is 27.4. The molecule has 2 aromatic carbocycles. The maximum Gasteiger partial charge on any atom is 0.224 e. The molecule has 42 heavy (non-hydrogen) atoms. The van der Waals surface area contributed by atoms with Gasteiger partial charge in [0.15, 0.2) is 5.82 Å². The summed E-state index contributed by atoms with van der Waals surface area (Å²) in [5.74, 6) is 2.07. The van der Waals surface area contributed by atoms with Crippen molar-refractivity contribution in [2.24, 2.45) is 10.7 Å². The SMILES string of the molecule is CCOc1cc2ncc(C#N)c(Nc3ccc(Oc4ccnc(N=CN)c4)c(C)c3)c2cc1NC(=O)CCCN(C)C. The summed E-state index contributed by atoms with van der Waals surface area (Å²) in [6.07, 6.45) is 5.40. The molecule has 2 aromatic heterocycles. The van der Waals surface area contributed by atoms with Crippen LogP contribution in [0.4, 0.5) is 22.9 Å². The van der Waals surface area contributed by atoms with Crippen molar-refractivity contribution in [1.82, 2.24) is 14.9 Å². The number of anilines is 3. The van der Waals surface area contributed by atoms with Crippen LogP contribution in [0.2, 0.25) is 0 Å². The topological polar surface area (TPSA) is 151 Å². The summed E-state index contributed by atoms with van der Waals surface area (Å²) in [5.41, 5.74) is 9.05. The fraction of sp³-hybridized carbons (Fsp3) is 0.258. The molecule has 216 valence electrons. The first-order valence-corrected chi connectivity index (χ1v) is 13.5. The maximum absolute atomic E-state index is 12.7. The zero-order chi connectivity index (χ0) is 30.1. The van der Waals surface area contributed by atoms with Gasteiger partial charge in [-0.1, -0.05) is 0 Å². The third-order valence-electron chi connectivity index (χ3n) is 6.27. The van der Waals surface area contributed by atoms with E-state index >= 15 is 0 Å². The van der Waals surface area contributed by atoms with Gasteiger partial charge in [0, 0.05) is 42.0 Å². The second-order valence-electron chi connectivity index (χ2n) is 9.75. The molecule has 4 N–H and O–H groups in total. The summed E-state index contributed by atoms with van der Waals surface area (Å²) < 4.78 is 11.9. The number of hydrogen-bond donors (Lipinski definition) is 3. The normalized spacial score (nSPS) is 11.0. The van der Waals surface area contributed by atoms with E-state index in [0.29, 0.717) is 63.9 Å². The number of nitrogens with one attached hydrogen (secondary N) is 2. The minimum absolute atomic E-state index is 0.113. The molecule has 0 radical (unpaired) electrons. The second kappa shape index (κ2) is 13.9. The molecule has 2 heterocycles. The number of nitrogens with zero attached hydrogens (tertiary/aromatic N) is 5. The quantitative estimate of drug-likeness (QED) is 0.146. The Kier molecular flexibility index (Phi) is 9.86. The first-order valence-electron chi connectivity index (χ1n) is 13.5. The number of aryl methyl sites for hydroxylation is 1. The molecule has 0 bridgehead atoms. The number of nitrogens with two attached hydrogens (primary N) is 1. The zero-order valence-corrected chi connectivity index (χ0v) is 24.1. The second-order valence-corrected chi connectivity index (χ2v) is 9.75. The van der Waals surface area contributed by atoms with Gasteiger partial charge >= 0.3 is 0 Å². The summed E-state index contributed by atoms with van der Waals surface area (Å²) in [5, 5.41) is 16.9. The molecule has 0 aliphatic carbocycles. The van der Waals surface area contributed by atoms with Gasteiger partial charge in [0.2, 0.25) is 5.91 Å². The number of aromatic nitrogens is 2. The van der Waals surface area contributed by atoms with E-state index in [1.807, 2.05) is 51.0 Å². The van der Waals surface area contributed by atoms with Gasteiger partial charge in [-0.05, 0) is 76.8 Å². The van der Waals surface area contributed by atoms with E-state index in [2.05, 4.69) is 31.7 Å². The lowest BCUT2D eigenvalue weighted by Gasteiger charge is -2.17. The lowest BCUT2D eigenvalue weighted by Crippen LogP contribution is -2.17. The van der Waals surface area contributed by atoms with Crippen LogP contribution in [-0.4, -0.2) is 54.4 Å². The average molecular weight is 567 g/mol. The Morgan fingerprint density at radius 3 is 2.71 bits per heavy atom. The maximum atomic E-state index is 12.7. The van der Waals surface area contributed by atoms with Crippen LogP contribution in [0.5, 0.6) is 17.2 Å². The Bertz CT molecular complexity index is 1650. The number of ether oxygens (including phenoxy) is 2. The minimum atomic E-state index is -0.113. The predicted octanol–water partition coefficient (Wildman–Crippen LogP) is 5.64. The third-order valence-corrected chi connectivity index (χ3v) is 6.27. The number of carbonyl (C=O) groups excluding carboxylic acids is 1. The van der Waals surface area contributed by atoms with Gasteiger partial charge in [0.25, 0.3) is 0 Å². The summed E-state index contributed by atoms with van der Waals surface area (Å²) in [6.45, 7) is 5.03. The van der Waals surface area contributed by atoms with E-state index < -0.39 is 0 Å². The molecule has 11 nitrogen and oxygen atoms in total. The molecule has 0 spiro atoms. The largest absolute Gasteiger partial charge is 0.492 e. The van der Waals surface area contributed by atoms with Crippen LogP contribution in [0, 0.1) is 18.3 Å². The first-order chi connectivity index (χ1) is 20.3. The lowest BCUT2D eigenvalue weighted by molar-refractivity contribution is -0.116. The zero-order valence-electron chi connectivity index (χ0n) is 24.1. The molecule has 0 aliphatic rings. The van der Waals surface area contributed by atoms with E-state index in [0.717, 1.165) is 24.2 Å². The van der Waals surface area contributed by atoms with Crippen molar-refractivity contribution in [2.45, 2.75) is 26.7 Å². The Morgan fingerprint density at radius 2 is 2.00 bits per heavy atom. The number of amides is 1. The van der Waals surface area contributed by atoms with Gasteiger partial charge in [-0.3, -0.25) is 9.78 Å². The number of aliphatic imine (C=N–C) groups is 1. The molecule has 0 unspecified atom stereocenters. The van der Waals surface area contributed by atoms with E-state index in [1.54, 1.807) is 30.5 Å². The summed E-state index contributed by atoms with van der Waals surface area (Å²) in [6, 6.07) is 14.8. The molecule has 0 atom stereocenters. The minimum Gasteiger partial charge on any atom is -0.492 e. The number of fused-ring (bicyclic) bond motifs is 1. The monoisotopic (exact) mass is 566 g/mol. The van der Waals surface area contributed by atoms with Crippen molar-refractivity contribution in [3.63, 3.8) is 0 Å².